The SMILES string of the molecule is CCc1cc2c(N(C)Cc3csc(C)n3)nc(N)nc2s1. The largest absolute Gasteiger partial charge is 0.368 e. The molecule has 7 heteroatoms. The number of hydrogen-bond donors (Lipinski definition) is 1. The Balaban J connectivity index is 1.99. The first-order valence-electron chi connectivity index (χ1n) is 6.75. The Morgan fingerprint density at radius 1 is 1.29 bits per heavy atom. The lowest BCUT2D eigenvalue weighted by atomic mass is 10.3. The van der Waals surface area contributed by atoms with E-state index in [4.69, 9.17) is 5.73 Å². The van der Waals surface area contributed by atoms with E-state index >= 15 is 0 Å². The van der Waals surface area contributed by atoms with Crippen molar-refractivity contribution in [2.24, 2.45) is 0 Å². The van der Waals surface area contributed by atoms with Crippen molar-refractivity contribution in [3.63, 3.8) is 0 Å². The lowest BCUT2D eigenvalue weighted by Gasteiger charge is -2.17. The van der Waals surface area contributed by atoms with Crippen LogP contribution in [-0.2, 0) is 13.0 Å². The first kappa shape index (κ1) is 14.2. The molecule has 0 atom stereocenters. The maximum atomic E-state index is 5.85. The third-order valence-corrected chi connectivity index (χ3v) is 5.21. The predicted octanol–water partition coefficient (Wildman–Crippen LogP) is 3.24. The third kappa shape index (κ3) is 2.84. The van der Waals surface area contributed by atoms with Gasteiger partial charge >= 0.3 is 0 Å². The molecular weight excluding hydrogens is 302 g/mol. The Labute approximate surface area is 131 Å². The van der Waals surface area contributed by atoms with Gasteiger partial charge in [0.2, 0.25) is 5.95 Å². The Bertz CT molecular complexity index is 777. The number of nitrogen functional groups attached to an aromatic ring is 1. The molecule has 0 aliphatic carbocycles. The molecule has 5 nitrogen and oxygen atoms in total. The highest BCUT2D eigenvalue weighted by atomic mass is 32.1. The minimum atomic E-state index is 0.323. The van der Waals surface area contributed by atoms with Crippen molar-refractivity contribution in [2.45, 2.75) is 26.8 Å². The van der Waals surface area contributed by atoms with E-state index in [9.17, 15) is 0 Å². The van der Waals surface area contributed by atoms with Crippen LogP contribution >= 0.6 is 22.7 Å². The zero-order chi connectivity index (χ0) is 15.0. The summed E-state index contributed by atoms with van der Waals surface area (Å²) in [5.74, 6) is 1.20. The fourth-order valence-corrected chi connectivity index (χ4v) is 3.81. The Hall–Kier alpha value is -1.73. The van der Waals surface area contributed by atoms with E-state index in [0.717, 1.165) is 33.2 Å². The Morgan fingerprint density at radius 2 is 2.10 bits per heavy atom. The van der Waals surface area contributed by atoms with Crippen LogP contribution in [0, 0.1) is 6.92 Å². The van der Waals surface area contributed by atoms with Crippen LogP contribution in [0.5, 0.6) is 0 Å². The maximum Gasteiger partial charge on any atom is 0.223 e. The van der Waals surface area contributed by atoms with Crippen molar-refractivity contribution < 1.29 is 0 Å². The first-order valence-corrected chi connectivity index (χ1v) is 8.44. The lowest BCUT2D eigenvalue weighted by molar-refractivity contribution is 0.874. The zero-order valence-electron chi connectivity index (χ0n) is 12.3. The summed E-state index contributed by atoms with van der Waals surface area (Å²) in [6.45, 7) is 4.87. The maximum absolute atomic E-state index is 5.85. The van der Waals surface area contributed by atoms with Gasteiger partial charge in [-0.15, -0.1) is 22.7 Å². The van der Waals surface area contributed by atoms with Gasteiger partial charge in [-0.3, -0.25) is 0 Å². The lowest BCUT2D eigenvalue weighted by Crippen LogP contribution is -2.19. The minimum Gasteiger partial charge on any atom is -0.368 e. The van der Waals surface area contributed by atoms with E-state index in [1.165, 1.54) is 4.88 Å². The van der Waals surface area contributed by atoms with Crippen LogP contribution in [0.25, 0.3) is 10.2 Å². The molecular formula is C14H17N5S2. The molecule has 3 aromatic heterocycles. The summed E-state index contributed by atoms with van der Waals surface area (Å²) in [4.78, 5) is 17.6. The molecule has 0 aliphatic heterocycles. The van der Waals surface area contributed by atoms with E-state index in [0.29, 0.717) is 12.5 Å². The van der Waals surface area contributed by atoms with Crippen LogP contribution < -0.4 is 10.6 Å². The topological polar surface area (TPSA) is 67.9 Å². The van der Waals surface area contributed by atoms with E-state index < -0.39 is 0 Å². The van der Waals surface area contributed by atoms with E-state index in [1.807, 2.05) is 14.0 Å². The van der Waals surface area contributed by atoms with Gasteiger partial charge < -0.3 is 10.6 Å². The molecule has 0 saturated carbocycles. The molecule has 3 aromatic rings. The standard InChI is InChI=1S/C14H17N5S2/c1-4-10-5-11-12(17-14(15)18-13(11)21-10)19(3)6-9-7-20-8(2)16-9/h5,7H,4,6H2,1-3H3,(H2,15,17,18). The van der Waals surface area contributed by atoms with E-state index in [-0.39, 0.29) is 0 Å². The second-order valence-electron chi connectivity index (χ2n) is 4.90. The summed E-state index contributed by atoms with van der Waals surface area (Å²) in [6.07, 6.45) is 0.995. The monoisotopic (exact) mass is 319 g/mol. The summed E-state index contributed by atoms with van der Waals surface area (Å²) in [7, 11) is 2.01. The number of fused-ring (bicyclic) bond motifs is 1. The average molecular weight is 319 g/mol. The highest BCUT2D eigenvalue weighted by Gasteiger charge is 2.14. The highest BCUT2D eigenvalue weighted by Crippen LogP contribution is 2.32. The summed E-state index contributed by atoms with van der Waals surface area (Å²) < 4.78 is 0. The molecule has 0 unspecified atom stereocenters. The van der Waals surface area contributed by atoms with Crippen LogP contribution in [-0.4, -0.2) is 22.0 Å². The minimum absolute atomic E-state index is 0.323. The molecule has 0 aliphatic rings. The predicted molar refractivity (Wildman–Crippen MR) is 90.2 cm³/mol. The fraction of sp³-hybridized carbons (Fsp3) is 0.357. The number of hydrogen-bond acceptors (Lipinski definition) is 7. The van der Waals surface area contributed by atoms with Gasteiger partial charge in [-0.2, -0.15) is 4.98 Å². The van der Waals surface area contributed by atoms with E-state index in [1.54, 1.807) is 22.7 Å². The van der Waals surface area contributed by atoms with Gasteiger partial charge in [0.1, 0.15) is 10.6 Å². The third-order valence-electron chi connectivity index (χ3n) is 3.22. The van der Waals surface area contributed by atoms with Crippen LogP contribution in [0.15, 0.2) is 11.4 Å². The molecule has 110 valence electrons. The number of anilines is 2. The number of nitrogens with two attached hydrogens (primary N) is 1. The molecule has 0 saturated heterocycles. The second-order valence-corrected chi connectivity index (χ2v) is 7.08. The second kappa shape index (κ2) is 5.57. The van der Waals surface area contributed by atoms with Gasteiger partial charge in [-0.25, -0.2) is 9.97 Å². The fourth-order valence-electron chi connectivity index (χ4n) is 2.24. The van der Waals surface area contributed by atoms with Gasteiger partial charge in [-0.1, -0.05) is 6.92 Å². The molecule has 2 N–H and O–H groups in total. The number of thiazole rings is 1. The number of aromatic nitrogens is 3. The van der Waals surface area contributed by atoms with Crippen LogP contribution in [0.3, 0.4) is 0 Å². The van der Waals surface area contributed by atoms with Crippen molar-refractivity contribution >= 4 is 44.7 Å². The van der Waals surface area contributed by atoms with Gasteiger partial charge in [0.15, 0.2) is 0 Å². The van der Waals surface area contributed by atoms with Gasteiger partial charge in [0.05, 0.1) is 22.6 Å². The van der Waals surface area contributed by atoms with Crippen molar-refractivity contribution in [3.05, 3.63) is 27.0 Å². The Kier molecular flexibility index (Phi) is 3.77. The normalized spacial score (nSPS) is 11.2. The van der Waals surface area contributed by atoms with Crippen LogP contribution in [0.4, 0.5) is 11.8 Å². The zero-order valence-corrected chi connectivity index (χ0v) is 13.9. The van der Waals surface area contributed by atoms with Crippen LogP contribution in [0.2, 0.25) is 0 Å². The molecule has 0 radical (unpaired) electrons. The number of aryl methyl sites for hydroxylation is 2. The smallest absolute Gasteiger partial charge is 0.223 e. The summed E-state index contributed by atoms with van der Waals surface area (Å²) in [5.41, 5.74) is 6.91. The number of rotatable bonds is 4. The average Bonchev–Trinajstić information content (AvgIpc) is 3.03. The molecule has 21 heavy (non-hydrogen) atoms. The Morgan fingerprint density at radius 3 is 2.76 bits per heavy atom. The molecule has 0 aromatic carbocycles. The van der Waals surface area contributed by atoms with Gasteiger partial charge in [-0.05, 0) is 19.4 Å². The van der Waals surface area contributed by atoms with Crippen LogP contribution in [0.1, 0.15) is 22.5 Å². The quantitative estimate of drug-likeness (QED) is 0.799. The van der Waals surface area contributed by atoms with Crippen molar-refractivity contribution in [1.29, 1.82) is 0 Å². The highest BCUT2D eigenvalue weighted by molar-refractivity contribution is 7.18. The van der Waals surface area contributed by atoms with Crippen molar-refractivity contribution in [2.75, 3.05) is 17.7 Å². The molecule has 3 heterocycles. The molecule has 0 fully saturated rings. The number of thiophene rings is 1. The number of nitrogens with zero attached hydrogens (tertiary/aromatic N) is 4. The summed E-state index contributed by atoms with van der Waals surface area (Å²) >= 11 is 3.35. The molecule has 0 amide bonds. The van der Waals surface area contributed by atoms with E-state index in [2.05, 4.69) is 38.2 Å². The summed E-state index contributed by atoms with van der Waals surface area (Å²) in [5, 5.41) is 4.23. The molecule has 0 bridgehead atoms. The van der Waals surface area contributed by atoms with Gasteiger partial charge in [0.25, 0.3) is 0 Å². The first-order chi connectivity index (χ1) is 10.1. The molecule has 0 spiro atoms. The van der Waals surface area contributed by atoms with Gasteiger partial charge in [0, 0.05) is 17.3 Å². The van der Waals surface area contributed by atoms with Crippen molar-refractivity contribution in [3.8, 4) is 0 Å². The summed E-state index contributed by atoms with van der Waals surface area (Å²) in [6, 6.07) is 2.16. The molecule has 3 rings (SSSR count). The van der Waals surface area contributed by atoms with Crippen molar-refractivity contribution in [1.82, 2.24) is 15.0 Å².